The SMILES string of the molecule is CC1CCc2c(sc(NC(=O)C3CC3)c2C(N)=O)/C1=N/O. The summed E-state index contributed by atoms with van der Waals surface area (Å²) < 4.78 is 0. The summed E-state index contributed by atoms with van der Waals surface area (Å²) in [4.78, 5) is 24.5. The Labute approximate surface area is 126 Å². The monoisotopic (exact) mass is 307 g/mol. The number of anilines is 1. The predicted octanol–water partition coefficient (Wildman–Crippen LogP) is 1.96. The molecule has 112 valence electrons. The number of primary amides is 1. The van der Waals surface area contributed by atoms with Crippen molar-refractivity contribution in [3.05, 3.63) is 16.0 Å². The van der Waals surface area contributed by atoms with E-state index >= 15 is 0 Å². The van der Waals surface area contributed by atoms with Crippen LogP contribution in [0.2, 0.25) is 0 Å². The van der Waals surface area contributed by atoms with Gasteiger partial charge in [-0.3, -0.25) is 9.59 Å². The Morgan fingerprint density at radius 2 is 2.10 bits per heavy atom. The van der Waals surface area contributed by atoms with E-state index in [0.29, 0.717) is 22.7 Å². The molecule has 1 unspecified atom stereocenters. The van der Waals surface area contributed by atoms with Crippen molar-refractivity contribution in [2.24, 2.45) is 22.7 Å². The smallest absolute Gasteiger partial charge is 0.252 e. The zero-order chi connectivity index (χ0) is 15.1. The van der Waals surface area contributed by atoms with Crippen LogP contribution in [0.3, 0.4) is 0 Å². The van der Waals surface area contributed by atoms with Crippen LogP contribution in [0.4, 0.5) is 5.00 Å². The lowest BCUT2D eigenvalue weighted by Crippen LogP contribution is -2.22. The highest BCUT2D eigenvalue weighted by molar-refractivity contribution is 7.19. The second-order valence-corrected chi connectivity index (χ2v) is 6.69. The first kappa shape index (κ1) is 14.1. The van der Waals surface area contributed by atoms with Crippen molar-refractivity contribution in [1.29, 1.82) is 0 Å². The normalized spacial score (nSPS) is 22.9. The second kappa shape index (κ2) is 5.14. The van der Waals surface area contributed by atoms with Crippen LogP contribution in [-0.4, -0.2) is 22.7 Å². The summed E-state index contributed by atoms with van der Waals surface area (Å²) in [7, 11) is 0. The zero-order valence-corrected chi connectivity index (χ0v) is 12.5. The van der Waals surface area contributed by atoms with E-state index in [1.54, 1.807) is 0 Å². The second-order valence-electron chi connectivity index (χ2n) is 5.67. The van der Waals surface area contributed by atoms with Crippen molar-refractivity contribution in [2.45, 2.75) is 32.6 Å². The maximum atomic E-state index is 11.9. The maximum Gasteiger partial charge on any atom is 0.252 e. The van der Waals surface area contributed by atoms with Gasteiger partial charge in [0.1, 0.15) is 5.00 Å². The van der Waals surface area contributed by atoms with E-state index in [1.807, 2.05) is 6.92 Å². The van der Waals surface area contributed by atoms with Crippen LogP contribution in [0.25, 0.3) is 0 Å². The van der Waals surface area contributed by atoms with Crippen molar-refractivity contribution in [3.63, 3.8) is 0 Å². The van der Waals surface area contributed by atoms with Crippen molar-refractivity contribution in [3.8, 4) is 0 Å². The molecule has 0 aromatic carbocycles. The molecule has 3 rings (SSSR count). The Balaban J connectivity index is 2.04. The van der Waals surface area contributed by atoms with Crippen LogP contribution in [0.1, 0.15) is 47.0 Å². The molecule has 1 fully saturated rings. The molecule has 0 bridgehead atoms. The van der Waals surface area contributed by atoms with Gasteiger partial charge in [-0.1, -0.05) is 12.1 Å². The number of fused-ring (bicyclic) bond motifs is 1. The van der Waals surface area contributed by atoms with Crippen LogP contribution in [0, 0.1) is 11.8 Å². The van der Waals surface area contributed by atoms with E-state index in [0.717, 1.165) is 29.7 Å². The summed E-state index contributed by atoms with van der Waals surface area (Å²) in [6.07, 6.45) is 3.27. The minimum atomic E-state index is -0.551. The van der Waals surface area contributed by atoms with Gasteiger partial charge < -0.3 is 16.3 Å². The Bertz CT molecular complexity index is 646. The van der Waals surface area contributed by atoms with E-state index in [-0.39, 0.29) is 17.7 Å². The topological polar surface area (TPSA) is 105 Å². The summed E-state index contributed by atoms with van der Waals surface area (Å²) in [6.45, 7) is 1.98. The quantitative estimate of drug-likeness (QED) is 0.587. The summed E-state index contributed by atoms with van der Waals surface area (Å²) in [5, 5.41) is 15.9. The van der Waals surface area contributed by atoms with Crippen molar-refractivity contribution in [1.82, 2.24) is 0 Å². The number of carbonyl (C=O) groups excluding carboxylic acids is 2. The maximum absolute atomic E-state index is 11.9. The lowest BCUT2D eigenvalue weighted by atomic mass is 9.86. The molecule has 0 radical (unpaired) electrons. The van der Waals surface area contributed by atoms with Gasteiger partial charge in [0.25, 0.3) is 5.91 Å². The highest BCUT2D eigenvalue weighted by atomic mass is 32.1. The fourth-order valence-corrected chi connectivity index (χ4v) is 4.04. The molecule has 7 heteroatoms. The van der Waals surface area contributed by atoms with Gasteiger partial charge in [-0.15, -0.1) is 11.3 Å². The lowest BCUT2D eigenvalue weighted by molar-refractivity contribution is -0.117. The number of hydrogen-bond acceptors (Lipinski definition) is 5. The van der Waals surface area contributed by atoms with Crippen molar-refractivity contribution < 1.29 is 14.8 Å². The Morgan fingerprint density at radius 1 is 1.38 bits per heavy atom. The molecule has 1 saturated carbocycles. The number of oxime groups is 1. The van der Waals surface area contributed by atoms with Crippen LogP contribution in [0.15, 0.2) is 5.16 Å². The fourth-order valence-electron chi connectivity index (χ4n) is 2.68. The molecular formula is C14H17N3O3S. The van der Waals surface area contributed by atoms with Crippen molar-refractivity contribution in [2.75, 3.05) is 5.32 Å². The van der Waals surface area contributed by atoms with Gasteiger partial charge in [0.2, 0.25) is 5.91 Å². The largest absolute Gasteiger partial charge is 0.411 e. The van der Waals surface area contributed by atoms with Crippen LogP contribution < -0.4 is 11.1 Å². The number of nitrogens with one attached hydrogen (secondary N) is 1. The lowest BCUT2D eigenvalue weighted by Gasteiger charge is -2.19. The molecule has 2 amide bonds. The van der Waals surface area contributed by atoms with Gasteiger partial charge in [0.15, 0.2) is 0 Å². The van der Waals surface area contributed by atoms with Gasteiger partial charge in [0, 0.05) is 11.8 Å². The third-order valence-electron chi connectivity index (χ3n) is 4.07. The molecule has 2 aliphatic carbocycles. The van der Waals surface area contributed by atoms with Crippen LogP contribution >= 0.6 is 11.3 Å². The Kier molecular flexibility index (Phi) is 3.44. The van der Waals surface area contributed by atoms with Gasteiger partial charge in [-0.2, -0.15) is 0 Å². The minimum absolute atomic E-state index is 0.0507. The molecule has 21 heavy (non-hydrogen) atoms. The number of carbonyl (C=O) groups is 2. The zero-order valence-electron chi connectivity index (χ0n) is 11.7. The number of nitrogens with two attached hydrogens (primary N) is 1. The molecule has 1 aromatic rings. The average Bonchev–Trinajstić information content (AvgIpc) is 3.21. The first-order chi connectivity index (χ1) is 10.0. The number of rotatable bonds is 3. The predicted molar refractivity (Wildman–Crippen MR) is 80.0 cm³/mol. The van der Waals surface area contributed by atoms with Crippen LogP contribution in [0.5, 0.6) is 0 Å². The molecule has 0 spiro atoms. The first-order valence-corrected chi connectivity index (χ1v) is 7.83. The summed E-state index contributed by atoms with van der Waals surface area (Å²) in [5.41, 5.74) is 7.22. The van der Waals surface area contributed by atoms with Gasteiger partial charge in [-0.25, -0.2) is 0 Å². The molecule has 1 heterocycles. The van der Waals surface area contributed by atoms with E-state index in [9.17, 15) is 14.8 Å². The third-order valence-corrected chi connectivity index (χ3v) is 5.24. The number of nitrogens with zero attached hydrogens (tertiary/aromatic N) is 1. The van der Waals surface area contributed by atoms with Gasteiger partial charge in [-0.05, 0) is 31.2 Å². The molecule has 0 aliphatic heterocycles. The number of thiophene rings is 1. The van der Waals surface area contributed by atoms with Crippen molar-refractivity contribution >= 4 is 33.9 Å². The third kappa shape index (κ3) is 2.42. The number of hydrogen-bond donors (Lipinski definition) is 3. The Hall–Kier alpha value is -1.89. The standard InChI is InChI=1S/C14H17N3O3S/c1-6-2-5-8-9(12(15)18)14(16-13(19)7-3-4-7)21-11(8)10(6)17-20/h6-7,20H,2-5H2,1H3,(H2,15,18)(H,16,19)/b17-10+. The molecule has 0 saturated heterocycles. The minimum Gasteiger partial charge on any atom is -0.411 e. The molecule has 4 N–H and O–H groups in total. The molecule has 1 atom stereocenters. The summed E-state index contributed by atoms with van der Waals surface area (Å²) in [5.74, 6) is -0.444. The van der Waals surface area contributed by atoms with E-state index < -0.39 is 5.91 Å². The summed E-state index contributed by atoms with van der Waals surface area (Å²) in [6, 6.07) is 0. The van der Waals surface area contributed by atoms with Crippen LogP contribution in [-0.2, 0) is 11.2 Å². The van der Waals surface area contributed by atoms with E-state index in [4.69, 9.17) is 5.73 Å². The summed E-state index contributed by atoms with van der Waals surface area (Å²) >= 11 is 1.28. The molecule has 6 nitrogen and oxygen atoms in total. The molecule has 1 aromatic heterocycles. The van der Waals surface area contributed by atoms with E-state index in [1.165, 1.54) is 11.3 Å². The van der Waals surface area contributed by atoms with Gasteiger partial charge >= 0.3 is 0 Å². The molecule has 2 aliphatic rings. The van der Waals surface area contributed by atoms with Gasteiger partial charge in [0.05, 0.1) is 16.2 Å². The highest BCUT2D eigenvalue weighted by Gasteiger charge is 2.34. The highest BCUT2D eigenvalue weighted by Crippen LogP contribution is 2.40. The molecular weight excluding hydrogens is 290 g/mol. The number of amides is 2. The average molecular weight is 307 g/mol. The first-order valence-electron chi connectivity index (χ1n) is 7.01. The fraction of sp³-hybridized carbons (Fsp3) is 0.500. The Morgan fingerprint density at radius 3 is 2.67 bits per heavy atom. The van der Waals surface area contributed by atoms with E-state index in [2.05, 4.69) is 10.5 Å².